The second-order valence-corrected chi connectivity index (χ2v) is 1.27. The first-order valence-corrected chi connectivity index (χ1v) is 2.16. The molecule has 0 saturated heterocycles. The Morgan fingerprint density at radius 1 is 1.44 bits per heavy atom. The van der Waals surface area contributed by atoms with E-state index in [2.05, 4.69) is 15.0 Å². The Balaban J connectivity index is 2.98. The van der Waals surface area contributed by atoms with E-state index in [-0.39, 0.29) is 5.82 Å². The SMILES string of the molecule is O=C(O)c1ncncn1. The molecule has 0 spiro atoms. The van der Waals surface area contributed by atoms with Gasteiger partial charge < -0.3 is 5.11 Å². The standard InChI is InChI=1S/C4H3N3O2/c8-4(9)3-6-1-5-2-7-3/h1-2H,(H,8,9). The number of carbonyl (C=O) groups is 1. The summed E-state index contributed by atoms with van der Waals surface area (Å²) in [5, 5.41) is 8.23. The van der Waals surface area contributed by atoms with Gasteiger partial charge in [0.2, 0.25) is 5.82 Å². The molecule has 9 heavy (non-hydrogen) atoms. The number of rotatable bonds is 1. The number of aromatic nitrogens is 3. The number of carboxylic acids is 1. The Hall–Kier alpha value is -1.52. The van der Waals surface area contributed by atoms with Crippen molar-refractivity contribution in [2.45, 2.75) is 0 Å². The topological polar surface area (TPSA) is 76.0 Å². The zero-order valence-electron chi connectivity index (χ0n) is 4.35. The third-order valence-corrected chi connectivity index (χ3v) is 0.685. The van der Waals surface area contributed by atoms with Crippen LogP contribution in [0.3, 0.4) is 0 Å². The quantitative estimate of drug-likeness (QED) is 0.551. The maximum atomic E-state index is 10.0. The van der Waals surface area contributed by atoms with E-state index in [1.807, 2.05) is 0 Å². The van der Waals surface area contributed by atoms with Gasteiger partial charge in [0, 0.05) is 0 Å². The van der Waals surface area contributed by atoms with Crippen molar-refractivity contribution in [3.05, 3.63) is 18.5 Å². The molecule has 5 heteroatoms. The molecule has 0 saturated carbocycles. The van der Waals surface area contributed by atoms with Crippen molar-refractivity contribution in [3.63, 3.8) is 0 Å². The highest BCUT2D eigenvalue weighted by Crippen LogP contribution is 1.81. The van der Waals surface area contributed by atoms with Crippen LogP contribution in [-0.4, -0.2) is 26.0 Å². The number of hydrogen-bond acceptors (Lipinski definition) is 4. The van der Waals surface area contributed by atoms with E-state index in [1.165, 1.54) is 0 Å². The van der Waals surface area contributed by atoms with Crippen molar-refractivity contribution in [1.82, 2.24) is 15.0 Å². The predicted octanol–water partition coefficient (Wildman–Crippen LogP) is -0.430. The average Bonchev–Trinajstić information content (AvgIpc) is 1.90. The number of nitrogens with zero attached hydrogens (tertiary/aromatic N) is 3. The molecular formula is C4H3N3O2. The van der Waals surface area contributed by atoms with Gasteiger partial charge in [-0.3, -0.25) is 0 Å². The Morgan fingerprint density at radius 2 is 2.00 bits per heavy atom. The Morgan fingerprint density at radius 3 is 2.33 bits per heavy atom. The van der Waals surface area contributed by atoms with Crippen molar-refractivity contribution in [2.24, 2.45) is 0 Å². The van der Waals surface area contributed by atoms with E-state index >= 15 is 0 Å². The van der Waals surface area contributed by atoms with Crippen LogP contribution in [0.25, 0.3) is 0 Å². The monoisotopic (exact) mass is 125 g/mol. The summed E-state index contributed by atoms with van der Waals surface area (Å²) in [5.74, 6) is -1.37. The molecule has 0 aromatic carbocycles. The zero-order valence-corrected chi connectivity index (χ0v) is 4.35. The Kier molecular flexibility index (Phi) is 1.35. The van der Waals surface area contributed by atoms with Crippen LogP contribution < -0.4 is 0 Å². The van der Waals surface area contributed by atoms with Gasteiger partial charge in [0.1, 0.15) is 12.7 Å². The molecule has 46 valence electrons. The predicted molar refractivity (Wildman–Crippen MR) is 26.8 cm³/mol. The minimum absolute atomic E-state index is 0.231. The van der Waals surface area contributed by atoms with E-state index < -0.39 is 5.97 Å². The average molecular weight is 125 g/mol. The molecule has 1 aromatic rings. The van der Waals surface area contributed by atoms with Gasteiger partial charge in [0.05, 0.1) is 0 Å². The lowest BCUT2D eigenvalue weighted by molar-refractivity contribution is 0.0683. The molecule has 1 heterocycles. The van der Waals surface area contributed by atoms with Gasteiger partial charge in [-0.15, -0.1) is 0 Å². The number of hydrogen-bond donors (Lipinski definition) is 1. The van der Waals surface area contributed by atoms with Gasteiger partial charge in [-0.2, -0.15) is 0 Å². The summed E-state index contributed by atoms with van der Waals surface area (Å²) in [6, 6.07) is 0. The summed E-state index contributed by atoms with van der Waals surface area (Å²) >= 11 is 0. The van der Waals surface area contributed by atoms with Crippen molar-refractivity contribution in [2.75, 3.05) is 0 Å². The molecule has 0 aliphatic heterocycles. The fourth-order valence-electron chi connectivity index (χ4n) is 0.350. The van der Waals surface area contributed by atoms with Crippen molar-refractivity contribution in [1.29, 1.82) is 0 Å². The minimum Gasteiger partial charge on any atom is -0.475 e. The van der Waals surface area contributed by atoms with Crippen molar-refractivity contribution in [3.8, 4) is 0 Å². The zero-order chi connectivity index (χ0) is 6.69. The lowest BCUT2D eigenvalue weighted by Gasteiger charge is -1.85. The normalized spacial score (nSPS) is 8.89. The molecule has 0 aliphatic rings. The fraction of sp³-hybridized carbons (Fsp3) is 0. The molecule has 0 bridgehead atoms. The molecule has 0 radical (unpaired) electrons. The second-order valence-electron chi connectivity index (χ2n) is 1.27. The lowest BCUT2D eigenvalue weighted by atomic mass is 10.6. The highest BCUT2D eigenvalue weighted by Gasteiger charge is 2.01. The van der Waals surface area contributed by atoms with Gasteiger partial charge >= 0.3 is 5.97 Å². The summed E-state index contributed by atoms with van der Waals surface area (Å²) in [5.41, 5.74) is 0. The molecule has 5 nitrogen and oxygen atoms in total. The van der Waals surface area contributed by atoms with Crippen LogP contribution in [0, 0.1) is 0 Å². The van der Waals surface area contributed by atoms with Gasteiger partial charge in [-0.05, 0) is 0 Å². The highest BCUT2D eigenvalue weighted by atomic mass is 16.4. The Labute approximate surface area is 50.4 Å². The van der Waals surface area contributed by atoms with E-state index in [4.69, 9.17) is 5.11 Å². The number of carboxylic acid groups (broad SMARTS) is 1. The maximum Gasteiger partial charge on any atom is 0.374 e. The molecule has 1 N–H and O–H groups in total. The largest absolute Gasteiger partial charge is 0.475 e. The smallest absolute Gasteiger partial charge is 0.374 e. The summed E-state index contributed by atoms with van der Waals surface area (Å²) in [6.45, 7) is 0. The number of aromatic carboxylic acids is 1. The van der Waals surface area contributed by atoms with E-state index in [0.717, 1.165) is 12.7 Å². The third-order valence-electron chi connectivity index (χ3n) is 0.685. The summed E-state index contributed by atoms with van der Waals surface area (Å²) in [7, 11) is 0. The van der Waals surface area contributed by atoms with Gasteiger partial charge in [-0.25, -0.2) is 19.7 Å². The Bertz CT molecular complexity index is 210. The molecule has 1 rings (SSSR count). The highest BCUT2D eigenvalue weighted by molar-refractivity contribution is 5.82. The summed E-state index contributed by atoms with van der Waals surface area (Å²) in [4.78, 5) is 20.2. The van der Waals surface area contributed by atoms with Crippen molar-refractivity contribution < 1.29 is 9.90 Å². The van der Waals surface area contributed by atoms with E-state index in [9.17, 15) is 4.79 Å². The molecule has 0 amide bonds. The van der Waals surface area contributed by atoms with Gasteiger partial charge in [0.25, 0.3) is 0 Å². The van der Waals surface area contributed by atoms with Crippen LogP contribution in [0.15, 0.2) is 12.7 Å². The first kappa shape index (κ1) is 5.61. The lowest BCUT2D eigenvalue weighted by Crippen LogP contribution is -2.02. The van der Waals surface area contributed by atoms with Crippen LogP contribution >= 0.6 is 0 Å². The molecule has 0 unspecified atom stereocenters. The first-order chi connectivity index (χ1) is 4.30. The van der Waals surface area contributed by atoms with Crippen molar-refractivity contribution >= 4 is 5.97 Å². The van der Waals surface area contributed by atoms with Gasteiger partial charge in [-0.1, -0.05) is 0 Å². The molecule has 1 aromatic heterocycles. The minimum atomic E-state index is -1.14. The summed E-state index contributed by atoms with van der Waals surface area (Å²) < 4.78 is 0. The van der Waals surface area contributed by atoms with Crippen LogP contribution in [0.5, 0.6) is 0 Å². The molecule has 0 fully saturated rings. The molecular weight excluding hydrogens is 122 g/mol. The third kappa shape index (κ3) is 1.18. The van der Waals surface area contributed by atoms with Gasteiger partial charge in [0.15, 0.2) is 0 Å². The molecule has 0 atom stereocenters. The van der Waals surface area contributed by atoms with Crippen LogP contribution in [0.4, 0.5) is 0 Å². The maximum absolute atomic E-state index is 10.0. The van der Waals surface area contributed by atoms with Crippen LogP contribution in [0.2, 0.25) is 0 Å². The van der Waals surface area contributed by atoms with E-state index in [0.29, 0.717) is 0 Å². The van der Waals surface area contributed by atoms with Crippen LogP contribution in [0.1, 0.15) is 10.6 Å². The van der Waals surface area contributed by atoms with Crippen LogP contribution in [-0.2, 0) is 0 Å². The molecule has 0 aliphatic carbocycles. The second kappa shape index (κ2) is 2.17. The van der Waals surface area contributed by atoms with E-state index in [1.54, 1.807) is 0 Å². The summed E-state index contributed by atoms with van der Waals surface area (Å²) in [6.07, 6.45) is 2.27. The fourth-order valence-corrected chi connectivity index (χ4v) is 0.350. The first-order valence-electron chi connectivity index (χ1n) is 2.16.